The first-order valence-corrected chi connectivity index (χ1v) is 14.6. The molecule has 9 nitrogen and oxygen atoms in total. The first kappa shape index (κ1) is 26.6. The summed E-state index contributed by atoms with van der Waals surface area (Å²) in [6.07, 6.45) is 7.63. The van der Waals surface area contributed by atoms with E-state index in [1.54, 1.807) is 24.8 Å². The minimum absolute atomic E-state index is 0.0687. The SMILES string of the molecule is CC(C)n1nccc1-c1cc(F)ccc1Oc1cncnc1N1CCC2(CCN(Cc3ccc4c(c3)NC(=O)C4)C2)C1. The van der Waals surface area contributed by atoms with Crippen LogP contribution in [0.15, 0.2) is 61.2 Å². The number of nitrogens with zero attached hydrogens (tertiary/aromatic N) is 6. The van der Waals surface area contributed by atoms with Crippen LogP contribution in [0.25, 0.3) is 11.3 Å². The van der Waals surface area contributed by atoms with Crippen LogP contribution in [0.1, 0.15) is 43.9 Å². The van der Waals surface area contributed by atoms with Crippen molar-refractivity contribution < 1.29 is 13.9 Å². The zero-order valence-electron chi connectivity index (χ0n) is 23.9. The largest absolute Gasteiger partial charge is 0.451 e. The first-order valence-electron chi connectivity index (χ1n) is 14.6. The maximum absolute atomic E-state index is 14.4. The second kappa shape index (κ2) is 10.5. The number of carbonyl (C=O) groups excluding carboxylic acids is 1. The van der Waals surface area contributed by atoms with E-state index in [1.807, 2.05) is 24.6 Å². The van der Waals surface area contributed by atoms with E-state index in [2.05, 4.69) is 48.4 Å². The number of likely N-dealkylation sites (tertiary alicyclic amines) is 1. The van der Waals surface area contributed by atoms with Crippen LogP contribution in [0.4, 0.5) is 15.9 Å². The number of ether oxygens (including phenoxy) is 1. The van der Waals surface area contributed by atoms with E-state index in [9.17, 15) is 9.18 Å². The highest BCUT2D eigenvalue weighted by Gasteiger charge is 2.44. The lowest BCUT2D eigenvalue weighted by atomic mass is 9.86. The molecular weight excluding hydrogens is 533 g/mol. The number of rotatable bonds is 7. The molecule has 1 amide bonds. The molecule has 42 heavy (non-hydrogen) atoms. The Morgan fingerprint density at radius 3 is 2.83 bits per heavy atom. The smallest absolute Gasteiger partial charge is 0.228 e. The molecule has 1 N–H and O–H groups in total. The summed E-state index contributed by atoms with van der Waals surface area (Å²) in [6, 6.07) is 12.9. The quantitative estimate of drug-likeness (QED) is 0.318. The number of anilines is 2. The first-order chi connectivity index (χ1) is 20.4. The molecule has 1 atom stereocenters. The van der Waals surface area contributed by atoms with Crippen LogP contribution < -0.4 is 15.0 Å². The number of benzene rings is 2. The zero-order chi connectivity index (χ0) is 28.8. The number of nitrogens with one attached hydrogen (secondary N) is 1. The molecule has 1 unspecified atom stereocenters. The van der Waals surface area contributed by atoms with Crippen LogP contribution in [0.5, 0.6) is 11.5 Å². The van der Waals surface area contributed by atoms with Gasteiger partial charge < -0.3 is 15.0 Å². The third-order valence-electron chi connectivity index (χ3n) is 8.72. The molecule has 7 rings (SSSR count). The summed E-state index contributed by atoms with van der Waals surface area (Å²) in [5, 5.41) is 7.40. The van der Waals surface area contributed by atoms with Crippen molar-refractivity contribution in [3.05, 3.63) is 78.1 Å². The van der Waals surface area contributed by atoms with Crippen LogP contribution >= 0.6 is 0 Å². The fraction of sp³-hybridized carbons (Fsp3) is 0.375. The molecule has 216 valence electrons. The molecule has 10 heteroatoms. The second-order valence-electron chi connectivity index (χ2n) is 12.1. The summed E-state index contributed by atoms with van der Waals surface area (Å²) in [4.78, 5) is 25.5. The van der Waals surface area contributed by atoms with E-state index < -0.39 is 0 Å². The zero-order valence-corrected chi connectivity index (χ0v) is 23.9. The molecule has 2 saturated heterocycles. The average Bonchev–Trinajstić information content (AvgIpc) is 3.77. The van der Waals surface area contributed by atoms with Crippen molar-refractivity contribution in [3.63, 3.8) is 0 Å². The van der Waals surface area contributed by atoms with Crippen LogP contribution in [0.3, 0.4) is 0 Å². The predicted molar refractivity (Wildman–Crippen MR) is 158 cm³/mol. The van der Waals surface area contributed by atoms with Crippen molar-refractivity contribution >= 4 is 17.4 Å². The number of halogens is 1. The number of aromatic nitrogens is 4. The minimum Gasteiger partial charge on any atom is -0.451 e. The molecule has 2 fully saturated rings. The fourth-order valence-electron chi connectivity index (χ4n) is 6.70. The molecule has 4 aromatic rings. The second-order valence-corrected chi connectivity index (χ2v) is 12.1. The van der Waals surface area contributed by atoms with E-state index in [1.165, 1.54) is 17.7 Å². The highest BCUT2D eigenvalue weighted by molar-refractivity contribution is 5.99. The normalized spacial score (nSPS) is 20.1. The van der Waals surface area contributed by atoms with Gasteiger partial charge in [0, 0.05) is 55.1 Å². The maximum Gasteiger partial charge on any atom is 0.228 e. The van der Waals surface area contributed by atoms with Crippen LogP contribution in [0, 0.1) is 11.2 Å². The lowest BCUT2D eigenvalue weighted by molar-refractivity contribution is -0.115. The predicted octanol–water partition coefficient (Wildman–Crippen LogP) is 5.45. The summed E-state index contributed by atoms with van der Waals surface area (Å²) in [5.74, 6) is 1.56. The standard InChI is InChI=1S/C32H34FN7O2/c1-21(2)40-27(7-10-36-40)25-15-24(33)5-6-28(25)42-29-16-34-20-35-31(29)39-12-9-32(19-39)8-11-38(18-32)17-22-3-4-23-14-30(41)37-26(23)13-22/h3-7,10,13,15-16,20-21H,8-9,11-12,14,17-19H2,1-2H3,(H,37,41). The Labute approximate surface area is 244 Å². The van der Waals surface area contributed by atoms with Gasteiger partial charge in [-0.1, -0.05) is 12.1 Å². The lowest BCUT2D eigenvalue weighted by Crippen LogP contribution is -2.31. The van der Waals surface area contributed by atoms with E-state index in [-0.39, 0.29) is 23.2 Å². The highest BCUT2D eigenvalue weighted by Crippen LogP contribution is 2.44. The van der Waals surface area contributed by atoms with Gasteiger partial charge in [-0.05, 0) is 74.7 Å². The van der Waals surface area contributed by atoms with Gasteiger partial charge in [0.05, 0.1) is 18.3 Å². The Morgan fingerprint density at radius 1 is 1.07 bits per heavy atom. The Kier molecular flexibility index (Phi) is 6.65. The molecule has 3 aliphatic rings. The summed E-state index contributed by atoms with van der Waals surface area (Å²) in [7, 11) is 0. The number of hydrogen-bond acceptors (Lipinski definition) is 7. The minimum atomic E-state index is -0.338. The number of carbonyl (C=O) groups is 1. The van der Waals surface area contributed by atoms with Gasteiger partial charge in [0.1, 0.15) is 17.9 Å². The van der Waals surface area contributed by atoms with Gasteiger partial charge in [0.25, 0.3) is 0 Å². The van der Waals surface area contributed by atoms with E-state index in [0.717, 1.165) is 68.3 Å². The van der Waals surface area contributed by atoms with Crippen molar-refractivity contribution in [2.75, 3.05) is 36.4 Å². The number of amides is 1. The Morgan fingerprint density at radius 2 is 1.95 bits per heavy atom. The van der Waals surface area contributed by atoms with Gasteiger partial charge in [-0.15, -0.1) is 0 Å². The van der Waals surface area contributed by atoms with Crippen LogP contribution in [0.2, 0.25) is 0 Å². The molecule has 2 aromatic heterocycles. The topological polar surface area (TPSA) is 88.4 Å². The third kappa shape index (κ3) is 5.00. The van der Waals surface area contributed by atoms with Crippen molar-refractivity contribution in [2.45, 2.75) is 45.7 Å². The van der Waals surface area contributed by atoms with E-state index in [0.29, 0.717) is 23.5 Å². The molecular formula is C32H34FN7O2. The molecule has 0 radical (unpaired) electrons. The molecule has 0 bridgehead atoms. The van der Waals surface area contributed by atoms with Crippen molar-refractivity contribution in [1.82, 2.24) is 24.6 Å². The summed E-state index contributed by atoms with van der Waals surface area (Å²) in [6.45, 7) is 8.75. The van der Waals surface area contributed by atoms with Crippen molar-refractivity contribution in [2.24, 2.45) is 5.41 Å². The average molecular weight is 568 g/mol. The van der Waals surface area contributed by atoms with E-state index in [4.69, 9.17) is 4.74 Å². The van der Waals surface area contributed by atoms with Gasteiger partial charge in [0.15, 0.2) is 11.6 Å². The van der Waals surface area contributed by atoms with Crippen molar-refractivity contribution in [1.29, 1.82) is 0 Å². The van der Waals surface area contributed by atoms with Gasteiger partial charge in [-0.2, -0.15) is 5.10 Å². The monoisotopic (exact) mass is 567 g/mol. The highest BCUT2D eigenvalue weighted by atomic mass is 19.1. The fourth-order valence-corrected chi connectivity index (χ4v) is 6.70. The number of hydrogen-bond donors (Lipinski definition) is 1. The molecule has 2 aromatic carbocycles. The maximum atomic E-state index is 14.4. The van der Waals surface area contributed by atoms with Crippen LogP contribution in [-0.4, -0.2) is 56.7 Å². The lowest BCUT2D eigenvalue weighted by Gasteiger charge is -2.26. The summed E-state index contributed by atoms with van der Waals surface area (Å²) < 4.78 is 22.7. The Bertz CT molecular complexity index is 1650. The van der Waals surface area contributed by atoms with Crippen LogP contribution in [-0.2, 0) is 17.8 Å². The third-order valence-corrected chi connectivity index (χ3v) is 8.72. The van der Waals surface area contributed by atoms with Gasteiger partial charge in [0.2, 0.25) is 5.91 Å². The molecule has 3 aliphatic heterocycles. The summed E-state index contributed by atoms with van der Waals surface area (Å²) in [5.41, 5.74) is 4.85. The molecule has 5 heterocycles. The Hall–Kier alpha value is -4.31. The van der Waals surface area contributed by atoms with Gasteiger partial charge in [-0.25, -0.2) is 14.4 Å². The number of fused-ring (bicyclic) bond motifs is 1. The van der Waals surface area contributed by atoms with Gasteiger partial charge in [-0.3, -0.25) is 14.4 Å². The van der Waals surface area contributed by atoms with Gasteiger partial charge >= 0.3 is 0 Å². The Balaban J connectivity index is 1.08. The molecule has 1 spiro atoms. The van der Waals surface area contributed by atoms with Crippen molar-refractivity contribution in [3.8, 4) is 22.8 Å². The molecule has 0 saturated carbocycles. The molecule has 0 aliphatic carbocycles. The summed E-state index contributed by atoms with van der Waals surface area (Å²) >= 11 is 0. The van der Waals surface area contributed by atoms with E-state index >= 15 is 0 Å².